The van der Waals surface area contributed by atoms with Crippen LogP contribution in [-0.4, -0.2) is 50.7 Å². The van der Waals surface area contributed by atoms with Crippen LogP contribution < -0.4 is 15.8 Å². The number of nitrogens with two attached hydrogens (primary N) is 1. The Morgan fingerprint density at radius 1 is 0.842 bits per heavy atom. The summed E-state index contributed by atoms with van der Waals surface area (Å²) < 4.78 is 11.8. The van der Waals surface area contributed by atoms with E-state index in [4.69, 9.17) is 9.15 Å². The second-order valence-corrected chi connectivity index (χ2v) is 8.68. The number of rotatable bonds is 9. The van der Waals surface area contributed by atoms with Crippen LogP contribution in [0.4, 0.5) is 5.69 Å². The summed E-state index contributed by atoms with van der Waals surface area (Å²) in [4.78, 5) is 6.49. The summed E-state index contributed by atoms with van der Waals surface area (Å²) in [6, 6.07) is 34.5. The lowest BCUT2D eigenvalue weighted by atomic mass is 10.1. The number of benzene rings is 3. The number of nitrogens with one attached hydrogen (secondary N) is 1. The third-order valence-corrected chi connectivity index (χ3v) is 5.62. The van der Waals surface area contributed by atoms with E-state index in [1.165, 1.54) is 12.6 Å². The molecule has 0 saturated carbocycles. The number of furan rings is 1. The van der Waals surface area contributed by atoms with Crippen molar-refractivity contribution in [3.8, 4) is 17.1 Å². The molecule has 6 heteroatoms. The highest BCUT2D eigenvalue weighted by atomic mass is 16.5. The van der Waals surface area contributed by atoms with Crippen molar-refractivity contribution in [2.24, 2.45) is 5.73 Å². The first-order valence-corrected chi connectivity index (χ1v) is 12.8. The zero-order chi connectivity index (χ0) is 27.0. The summed E-state index contributed by atoms with van der Waals surface area (Å²) in [5.41, 5.74) is 8.50. The highest BCUT2D eigenvalue weighted by Crippen LogP contribution is 2.31. The van der Waals surface area contributed by atoms with E-state index in [1.807, 2.05) is 86.9 Å². The second-order valence-electron chi connectivity index (χ2n) is 8.68. The van der Waals surface area contributed by atoms with Crippen molar-refractivity contribution in [3.63, 3.8) is 0 Å². The summed E-state index contributed by atoms with van der Waals surface area (Å²) in [7, 11) is 5.57. The number of anilines is 1. The van der Waals surface area contributed by atoms with Crippen LogP contribution >= 0.6 is 0 Å². The largest absolute Gasteiger partial charge is 0.492 e. The molecule has 0 fully saturated rings. The van der Waals surface area contributed by atoms with Gasteiger partial charge in [0.25, 0.3) is 0 Å². The molecule has 6 nitrogen and oxygen atoms in total. The van der Waals surface area contributed by atoms with E-state index < -0.39 is 0 Å². The second kappa shape index (κ2) is 15.9. The molecule has 0 radical (unpaired) electrons. The third-order valence-electron chi connectivity index (χ3n) is 5.62. The van der Waals surface area contributed by atoms with Gasteiger partial charge in [-0.1, -0.05) is 66.7 Å². The Morgan fingerprint density at radius 2 is 1.47 bits per heavy atom. The SMILES string of the molecule is CN.CN(C)CCOc1ccc(-c2cc3c(NCCc4ccccc4)ccnc3o2)cc1.c1ccccc1. The molecule has 0 unspecified atom stereocenters. The van der Waals surface area contributed by atoms with Gasteiger partial charge in [0, 0.05) is 30.5 Å². The van der Waals surface area contributed by atoms with Crippen LogP contribution in [0.3, 0.4) is 0 Å². The maximum Gasteiger partial charge on any atom is 0.228 e. The Balaban J connectivity index is 0.000000434. The maximum absolute atomic E-state index is 6.01. The molecule has 5 aromatic rings. The van der Waals surface area contributed by atoms with Gasteiger partial charge in [0.15, 0.2) is 0 Å². The lowest BCUT2D eigenvalue weighted by molar-refractivity contribution is 0.261. The molecule has 0 atom stereocenters. The highest BCUT2D eigenvalue weighted by molar-refractivity contribution is 5.91. The quantitative estimate of drug-likeness (QED) is 0.241. The van der Waals surface area contributed by atoms with E-state index >= 15 is 0 Å². The molecule has 38 heavy (non-hydrogen) atoms. The molecule has 0 aliphatic carbocycles. The van der Waals surface area contributed by atoms with E-state index in [9.17, 15) is 0 Å². The van der Waals surface area contributed by atoms with Gasteiger partial charge >= 0.3 is 0 Å². The van der Waals surface area contributed by atoms with Gasteiger partial charge in [-0.05, 0) is 69.5 Å². The number of fused-ring (bicyclic) bond motifs is 1. The van der Waals surface area contributed by atoms with Crippen LogP contribution in [-0.2, 0) is 6.42 Å². The van der Waals surface area contributed by atoms with Crippen LogP contribution in [0.15, 0.2) is 114 Å². The van der Waals surface area contributed by atoms with E-state index in [0.29, 0.717) is 12.3 Å². The van der Waals surface area contributed by atoms with Crippen LogP contribution in [0.1, 0.15) is 5.56 Å². The van der Waals surface area contributed by atoms with Crippen molar-refractivity contribution in [2.75, 3.05) is 46.2 Å². The van der Waals surface area contributed by atoms with Crippen molar-refractivity contribution < 1.29 is 9.15 Å². The zero-order valence-electron chi connectivity index (χ0n) is 22.5. The monoisotopic (exact) mass is 510 g/mol. The molecule has 3 N–H and O–H groups in total. The molecule has 3 aromatic carbocycles. The summed E-state index contributed by atoms with van der Waals surface area (Å²) in [5.74, 6) is 1.66. The Bertz CT molecular complexity index is 1280. The number of likely N-dealkylation sites (N-methyl/N-ethyl adjacent to an activating group) is 1. The minimum atomic E-state index is 0.640. The number of ether oxygens (including phenoxy) is 1. The maximum atomic E-state index is 6.01. The van der Waals surface area contributed by atoms with Crippen molar-refractivity contribution >= 4 is 16.8 Å². The van der Waals surface area contributed by atoms with Gasteiger partial charge in [-0.2, -0.15) is 0 Å². The summed E-state index contributed by atoms with van der Waals surface area (Å²) in [5, 5.41) is 4.51. The van der Waals surface area contributed by atoms with Gasteiger partial charge in [0.1, 0.15) is 18.1 Å². The van der Waals surface area contributed by atoms with Crippen LogP contribution in [0.25, 0.3) is 22.4 Å². The summed E-state index contributed by atoms with van der Waals surface area (Å²) in [6.07, 6.45) is 2.74. The van der Waals surface area contributed by atoms with Crippen LogP contribution in [0.2, 0.25) is 0 Å². The van der Waals surface area contributed by atoms with Gasteiger partial charge in [-0.25, -0.2) is 4.98 Å². The predicted molar refractivity (Wildman–Crippen MR) is 159 cm³/mol. The fourth-order valence-electron chi connectivity index (χ4n) is 3.67. The van der Waals surface area contributed by atoms with E-state index in [2.05, 4.69) is 51.3 Å². The molecule has 0 aliphatic rings. The zero-order valence-corrected chi connectivity index (χ0v) is 22.5. The average molecular weight is 511 g/mol. The van der Waals surface area contributed by atoms with Gasteiger partial charge in [-0.15, -0.1) is 0 Å². The molecule has 5 rings (SSSR count). The van der Waals surface area contributed by atoms with Crippen molar-refractivity contribution in [1.82, 2.24) is 9.88 Å². The molecule has 198 valence electrons. The fourth-order valence-corrected chi connectivity index (χ4v) is 3.67. The van der Waals surface area contributed by atoms with Gasteiger partial charge in [-0.3, -0.25) is 0 Å². The Morgan fingerprint density at radius 3 is 2.11 bits per heavy atom. The van der Waals surface area contributed by atoms with Crippen molar-refractivity contribution in [2.45, 2.75) is 6.42 Å². The number of nitrogens with zero attached hydrogens (tertiary/aromatic N) is 2. The molecule has 0 spiro atoms. The van der Waals surface area contributed by atoms with Crippen LogP contribution in [0, 0.1) is 0 Å². The predicted octanol–water partition coefficient (Wildman–Crippen LogP) is 6.35. The number of hydrogen-bond acceptors (Lipinski definition) is 6. The Labute approximate surface area is 226 Å². The van der Waals surface area contributed by atoms with Gasteiger partial charge in [0.2, 0.25) is 5.71 Å². The van der Waals surface area contributed by atoms with Crippen molar-refractivity contribution in [1.29, 1.82) is 0 Å². The van der Waals surface area contributed by atoms with E-state index in [-0.39, 0.29) is 0 Å². The number of pyridine rings is 1. The Hall–Kier alpha value is -4.13. The average Bonchev–Trinajstić information content (AvgIpc) is 3.42. The first-order valence-electron chi connectivity index (χ1n) is 12.8. The molecular formula is C32H38N4O2. The lowest BCUT2D eigenvalue weighted by Gasteiger charge is -2.11. The summed E-state index contributed by atoms with van der Waals surface area (Å²) in [6.45, 7) is 2.40. The van der Waals surface area contributed by atoms with Crippen molar-refractivity contribution in [3.05, 3.63) is 115 Å². The topological polar surface area (TPSA) is 76.5 Å². The highest BCUT2D eigenvalue weighted by Gasteiger charge is 2.11. The minimum absolute atomic E-state index is 0.640. The van der Waals surface area contributed by atoms with Gasteiger partial charge < -0.3 is 25.1 Å². The minimum Gasteiger partial charge on any atom is -0.492 e. The molecule has 0 saturated heterocycles. The Kier molecular flexibility index (Phi) is 11.9. The molecule has 0 aliphatic heterocycles. The standard InChI is InChI=1S/C25H27N3O2.C6H6.CH5N/c1-28(2)16-17-29-21-10-8-20(9-11-21)24-18-22-23(13-15-27-25(22)30-24)26-14-12-19-6-4-3-5-7-19;1-2-4-6-5-3-1;1-2/h3-11,13,15,18H,12,14,16-17H2,1-2H3,(H,26,27);1-6H;2H2,1H3. The van der Waals surface area contributed by atoms with Gasteiger partial charge in [0.05, 0.1) is 5.39 Å². The van der Waals surface area contributed by atoms with E-state index in [0.717, 1.165) is 47.7 Å². The number of aromatic nitrogens is 1. The molecule has 0 amide bonds. The third kappa shape index (κ3) is 9.07. The first kappa shape index (κ1) is 28.4. The van der Waals surface area contributed by atoms with E-state index in [1.54, 1.807) is 6.20 Å². The molecule has 0 bridgehead atoms. The molecular weight excluding hydrogens is 472 g/mol. The van der Waals surface area contributed by atoms with Crippen LogP contribution in [0.5, 0.6) is 5.75 Å². The molecule has 2 heterocycles. The number of hydrogen-bond donors (Lipinski definition) is 2. The lowest BCUT2D eigenvalue weighted by Crippen LogP contribution is -2.19. The smallest absolute Gasteiger partial charge is 0.228 e. The molecule has 2 aromatic heterocycles. The first-order chi connectivity index (χ1) is 18.7. The fraction of sp³-hybridized carbons (Fsp3) is 0.219. The normalized spacial score (nSPS) is 10.2. The summed E-state index contributed by atoms with van der Waals surface area (Å²) >= 11 is 0.